The number of aromatic nitrogens is 1. The molecule has 0 aliphatic rings. The van der Waals surface area contributed by atoms with Crippen LogP contribution in [0.2, 0.25) is 0 Å². The number of rotatable bonds is 5. The zero-order chi connectivity index (χ0) is 13.0. The lowest BCUT2D eigenvalue weighted by molar-refractivity contribution is -0.384. The van der Waals surface area contributed by atoms with Gasteiger partial charge in [0.2, 0.25) is 11.7 Å². The van der Waals surface area contributed by atoms with E-state index in [0.29, 0.717) is 5.56 Å². The smallest absolute Gasteiger partial charge is 0.314 e. The van der Waals surface area contributed by atoms with E-state index in [1.807, 2.05) is 0 Å². The van der Waals surface area contributed by atoms with Gasteiger partial charge in [-0.2, -0.15) is 0 Å². The molecule has 4 N–H and O–H groups in total. The van der Waals surface area contributed by atoms with Crippen LogP contribution in [-0.4, -0.2) is 33.6 Å². The van der Waals surface area contributed by atoms with Crippen molar-refractivity contribution in [2.24, 2.45) is 5.73 Å². The van der Waals surface area contributed by atoms with Gasteiger partial charge in [-0.3, -0.25) is 14.9 Å². The molecule has 0 saturated carbocycles. The summed E-state index contributed by atoms with van der Waals surface area (Å²) >= 11 is 0. The normalized spacial score (nSPS) is 11.9. The molecule has 1 rings (SSSR count). The van der Waals surface area contributed by atoms with Gasteiger partial charge in [-0.15, -0.1) is 0 Å². The number of nitrogens with one attached hydrogen (secondary N) is 1. The number of aryl methyl sites for hydroxylation is 1. The Labute approximate surface area is 96.6 Å². The number of hydrogen-bond acceptors (Lipinski definition) is 6. The predicted molar refractivity (Wildman–Crippen MR) is 59.3 cm³/mol. The predicted octanol–water partition coefficient (Wildman–Crippen LogP) is -0.444. The lowest BCUT2D eigenvalue weighted by Crippen LogP contribution is -2.34. The highest BCUT2D eigenvalue weighted by Gasteiger charge is 2.19. The first kappa shape index (κ1) is 12.8. The van der Waals surface area contributed by atoms with E-state index in [9.17, 15) is 14.9 Å². The SMILES string of the molecule is Cc1ccnc(NCC(O)C(N)=O)c1[N+](=O)[O-]. The van der Waals surface area contributed by atoms with Crippen molar-refractivity contribution < 1.29 is 14.8 Å². The number of aliphatic hydroxyl groups excluding tert-OH is 1. The monoisotopic (exact) mass is 240 g/mol. The first-order valence-electron chi connectivity index (χ1n) is 4.74. The maximum atomic E-state index is 10.8. The number of primary amides is 1. The Morgan fingerprint density at radius 2 is 2.41 bits per heavy atom. The molecule has 1 atom stereocenters. The van der Waals surface area contributed by atoms with Crippen LogP contribution in [0.25, 0.3) is 0 Å². The van der Waals surface area contributed by atoms with Crippen LogP contribution in [0.4, 0.5) is 11.5 Å². The summed E-state index contributed by atoms with van der Waals surface area (Å²) in [6.45, 7) is 1.34. The summed E-state index contributed by atoms with van der Waals surface area (Å²) in [7, 11) is 0. The molecule has 17 heavy (non-hydrogen) atoms. The minimum absolute atomic E-state index is 0.00435. The Bertz CT molecular complexity index is 449. The quantitative estimate of drug-likeness (QED) is 0.472. The van der Waals surface area contributed by atoms with E-state index >= 15 is 0 Å². The summed E-state index contributed by atoms with van der Waals surface area (Å²) in [5.41, 5.74) is 5.09. The van der Waals surface area contributed by atoms with E-state index in [1.54, 1.807) is 6.92 Å². The van der Waals surface area contributed by atoms with E-state index in [0.717, 1.165) is 0 Å². The van der Waals surface area contributed by atoms with Gasteiger partial charge in [-0.1, -0.05) is 0 Å². The third-order valence-corrected chi connectivity index (χ3v) is 2.10. The Morgan fingerprint density at radius 1 is 1.76 bits per heavy atom. The first-order chi connectivity index (χ1) is 7.93. The third-order valence-electron chi connectivity index (χ3n) is 2.10. The summed E-state index contributed by atoms with van der Waals surface area (Å²) in [6, 6.07) is 1.49. The second kappa shape index (κ2) is 5.21. The highest BCUT2D eigenvalue weighted by Crippen LogP contribution is 2.25. The molecule has 1 aromatic heterocycles. The molecule has 1 amide bonds. The van der Waals surface area contributed by atoms with Crippen molar-refractivity contribution >= 4 is 17.4 Å². The number of amides is 1. The van der Waals surface area contributed by atoms with E-state index < -0.39 is 16.9 Å². The molecule has 0 bridgehead atoms. The molecule has 0 aliphatic heterocycles. The van der Waals surface area contributed by atoms with Gasteiger partial charge >= 0.3 is 5.69 Å². The molecule has 0 radical (unpaired) electrons. The van der Waals surface area contributed by atoms with Crippen molar-refractivity contribution in [3.63, 3.8) is 0 Å². The van der Waals surface area contributed by atoms with Gasteiger partial charge < -0.3 is 16.2 Å². The van der Waals surface area contributed by atoms with Gasteiger partial charge in [-0.05, 0) is 13.0 Å². The van der Waals surface area contributed by atoms with Gasteiger partial charge in [0, 0.05) is 11.8 Å². The molecule has 0 saturated heterocycles. The van der Waals surface area contributed by atoms with Gasteiger partial charge in [0.25, 0.3) is 0 Å². The Kier molecular flexibility index (Phi) is 3.94. The van der Waals surface area contributed by atoms with Crippen molar-refractivity contribution in [2.45, 2.75) is 13.0 Å². The topological polar surface area (TPSA) is 131 Å². The lowest BCUT2D eigenvalue weighted by Gasteiger charge is -2.09. The highest BCUT2D eigenvalue weighted by molar-refractivity contribution is 5.79. The van der Waals surface area contributed by atoms with E-state index in [2.05, 4.69) is 10.3 Å². The molecule has 0 aromatic carbocycles. The average Bonchev–Trinajstić information content (AvgIpc) is 2.24. The van der Waals surface area contributed by atoms with Crippen molar-refractivity contribution in [2.75, 3.05) is 11.9 Å². The van der Waals surface area contributed by atoms with Crippen LogP contribution in [0.15, 0.2) is 12.3 Å². The summed E-state index contributed by atoms with van der Waals surface area (Å²) in [5.74, 6) is -0.914. The number of carbonyl (C=O) groups is 1. The van der Waals surface area contributed by atoms with Crippen LogP contribution in [0.3, 0.4) is 0 Å². The largest absolute Gasteiger partial charge is 0.381 e. The second-order valence-electron chi connectivity index (χ2n) is 3.38. The summed E-state index contributed by atoms with van der Waals surface area (Å²) < 4.78 is 0. The van der Waals surface area contributed by atoms with Crippen molar-refractivity contribution in [3.05, 3.63) is 27.9 Å². The van der Waals surface area contributed by atoms with Gasteiger partial charge in [0.15, 0.2) is 0 Å². The Hall–Kier alpha value is -2.22. The zero-order valence-electron chi connectivity index (χ0n) is 9.08. The molecule has 1 heterocycles. The fourth-order valence-corrected chi connectivity index (χ4v) is 1.20. The van der Waals surface area contributed by atoms with Crippen LogP contribution in [0.1, 0.15) is 5.56 Å². The van der Waals surface area contributed by atoms with Crippen molar-refractivity contribution in [3.8, 4) is 0 Å². The van der Waals surface area contributed by atoms with Crippen LogP contribution in [-0.2, 0) is 4.79 Å². The summed E-state index contributed by atoms with van der Waals surface area (Å²) in [5, 5.41) is 22.5. The fourth-order valence-electron chi connectivity index (χ4n) is 1.20. The number of pyridine rings is 1. The fraction of sp³-hybridized carbons (Fsp3) is 0.333. The minimum atomic E-state index is -1.42. The van der Waals surface area contributed by atoms with Crippen molar-refractivity contribution in [1.29, 1.82) is 0 Å². The van der Waals surface area contributed by atoms with Crippen LogP contribution in [0, 0.1) is 17.0 Å². The number of anilines is 1. The number of nitro groups is 1. The Morgan fingerprint density at radius 3 is 2.94 bits per heavy atom. The molecule has 8 nitrogen and oxygen atoms in total. The van der Waals surface area contributed by atoms with Crippen LogP contribution < -0.4 is 11.1 Å². The number of carbonyl (C=O) groups excluding carboxylic acids is 1. The molecule has 0 fully saturated rings. The first-order valence-corrected chi connectivity index (χ1v) is 4.74. The highest BCUT2D eigenvalue weighted by atomic mass is 16.6. The number of aliphatic hydroxyl groups is 1. The van der Waals surface area contributed by atoms with E-state index in [-0.39, 0.29) is 18.1 Å². The number of nitrogens with two attached hydrogens (primary N) is 1. The Balaban J connectivity index is 2.88. The maximum absolute atomic E-state index is 10.8. The molecular formula is C9H12N4O4. The van der Waals surface area contributed by atoms with Crippen LogP contribution >= 0.6 is 0 Å². The lowest BCUT2D eigenvalue weighted by atomic mass is 10.2. The molecule has 0 spiro atoms. The summed E-state index contributed by atoms with van der Waals surface area (Å²) in [4.78, 5) is 24.6. The molecular weight excluding hydrogens is 228 g/mol. The maximum Gasteiger partial charge on any atom is 0.314 e. The standard InChI is InChI=1S/C9H12N4O4/c1-5-2-3-11-9(7(5)13(16)17)12-4-6(14)8(10)15/h2-3,6,14H,4H2,1H3,(H2,10,15)(H,11,12). The van der Waals surface area contributed by atoms with E-state index in [4.69, 9.17) is 10.8 Å². The molecule has 1 unspecified atom stereocenters. The second-order valence-corrected chi connectivity index (χ2v) is 3.38. The third kappa shape index (κ3) is 3.11. The number of hydrogen-bond donors (Lipinski definition) is 3. The average molecular weight is 240 g/mol. The van der Waals surface area contributed by atoms with E-state index in [1.165, 1.54) is 12.3 Å². The zero-order valence-corrected chi connectivity index (χ0v) is 9.08. The molecule has 0 aliphatic carbocycles. The molecule has 8 heteroatoms. The molecule has 1 aromatic rings. The molecule has 92 valence electrons. The number of nitrogens with zero attached hydrogens (tertiary/aromatic N) is 2. The van der Waals surface area contributed by atoms with Crippen LogP contribution in [0.5, 0.6) is 0 Å². The van der Waals surface area contributed by atoms with Gasteiger partial charge in [-0.25, -0.2) is 4.98 Å². The summed E-state index contributed by atoms with van der Waals surface area (Å²) in [6.07, 6.45) is -0.0293. The minimum Gasteiger partial charge on any atom is -0.381 e. The van der Waals surface area contributed by atoms with Crippen molar-refractivity contribution in [1.82, 2.24) is 4.98 Å². The van der Waals surface area contributed by atoms with Gasteiger partial charge in [0.05, 0.1) is 11.5 Å². The van der Waals surface area contributed by atoms with Gasteiger partial charge in [0.1, 0.15) is 6.10 Å².